The van der Waals surface area contributed by atoms with Gasteiger partial charge in [0.2, 0.25) is 7.37 Å². The highest BCUT2D eigenvalue weighted by molar-refractivity contribution is 7.59. The molecule has 1 aromatic carbocycles. The Hall–Kier alpha value is -0.670. The summed E-state index contributed by atoms with van der Waals surface area (Å²) >= 11 is 0. The maximum Gasteiger partial charge on any atom is 0.237 e. The molecule has 1 aromatic rings. The van der Waals surface area contributed by atoms with Gasteiger partial charge in [0.25, 0.3) is 0 Å². The van der Waals surface area contributed by atoms with Gasteiger partial charge in [-0.15, -0.1) is 0 Å². The molecule has 16 heavy (non-hydrogen) atoms. The van der Waals surface area contributed by atoms with Gasteiger partial charge in [0.05, 0.1) is 5.78 Å². The molecule has 3 unspecified atom stereocenters. The number of hydrogen-bond acceptors (Lipinski definition) is 3. The van der Waals surface area contributed by atoms with Crippen molar-refractivity contribution in [2.45, 2.75) is 31.3 Å². The lowest BCUT2D eigenvalue weighted by Crippen LogP contribution is -2.26. The van der Waals surface area contributed by atoms with E-state index in [2.05, 4.69) is 0 Å². The molecule has 5 N–H and O–H groups in total. The van der Waals surface area contributed by atoms with Gasteiger partial charge in [-0.1, -0.05) is 43.7 Å². The summed E-state index contributed by atoms with van der Waals surface area (Å²) in [5.41, 5.74) is 12.2. The van der Waals surface area contributed by atoms with Gasteiger partial charge in [-0.2, -0.15) is 0 Å². The molecule has 0 saturated carbocycles. The highest BCUT2D eigenvalue weighted by Gasteiger charge is 2.34. The highest BCUT2D eigenvalue weighted by Crippen LogP contribution is 2.55. The van der Waals surface area contributed by atoms with Crippen LogP contribution in [0.5, 0.6) is 0 Å². The third-order valence-corrected chi connectivity index (χ3v) is 4.90. The monoisotopic (exact) mass is 242 g/mol. The summed E-state index contributed by atoms with van der Waals surface area (Å²) in [6.45, 7) is 1.92. The van der Waals surface area contributed by atoms with Crippen LogP contribution in [0.2, 0.25) is 0 Å². The first-order valence-corrected chi connectivity index (χ1v) is 7.18. The standard InChI is InChI=1S/C11H19N2O2P/c1-2-6-10(12)16(14,15)11(13)9-7-4-3-5-8-9/h3-5,7-8,10-11H,2,6,12-13H2,1H3,(H,14,15). The third kappa shape index (κ3) is 2.92. The molecule has 0 radical (unpaired) electrons. The molecule has 0 fully saturated rings. The van der Waals surface area contributed by atoms with Gasteiger partial charge in [-0.3, -0.25) is 4.57 Å². The molecule has 1 rings (SSSR count). The first-order chi connectivity index (χ1) is 7.50. The van der Waals surface area contributed by atoms with Crippen LogP contribution in [0.1, 0.15) is 31.1 Å². The summed E-state index contributed by atoms with van der Waals surface area (Å²) in [6, 6.07) is 8.91. The van der Waals surface area contributed by atoms with Gasteiger partial charge >= 0.3 is 0 Å². The molecule has 4 nitrogen and oxygen atoms in total. The fourth-order valence-electron chi connectivity index (χ4n) is 1.55. The summed E-state index contributed by atoms with van der Waals surface area (Å²) < 4.78 is 12.1. The number of hydrogen-bond donors (Lipinski definition) is 3. The molecule has 0 aliphatic carbocycles. The van der Waals surface area contributed by atoms with E-state index in [0.29, 0.717) is 12.0 Å². The molecule has 0 saturated heterocycles. The molecule has 0 heterocycles. The maximum atomic E-state index is 12.1. The summed E-state index contributed by atoms with van der Waals surface area (Å²) in [6.07, 6.45) is 1.28. The van der Waals surface area contributed by atoms with Crippen LogP contribution in [0, 0.1) is 0 Å². The molecule has 0 aliphatic rings. The summed E-state index contributed by atoms with van der Waals surface area (Å²) in [5.74, 6) is -1.64. The number of benzene rings is 1. The van der Waals surface area contributed by atoms with Gasteiger partial charge in [-0.05, 0) is 12.0 Å². The minimum atomic E-state index is -3.56. The van der Waals surface area contributed by atoms with Crippen LogP contribution in [-0.4, -0.2) is 10.7 Å². The van der Waals surface area contributed by atoms with Crippen molar-refractivity contribution in [2.75, 3.05) is 0 Å². The normalized spacial score (nSPS) is 18.8. The van der Waals surface area contributed by atoms with E-state index in [1.165, 1.54) is 0 Å². The lowest BCUT2D eigenvalue weighted by atomic mass is 10.2. The van der Waals surface area contributed by atoms with Crippen LogP contribution >= 0.6 is 7.37 Å². The molecular weight excluding hydrogens is 223 g/mol. The Labute approximate surface area is 96.1 Å². The predicted octanol–water partition coefficient (Wildman–Crippen LogP) is 2.00. The van der Waals surface area contributed by atoms with E-state index in [9.17, 15) is 9.46 Å². The van der Waals surface area contributed by atoms with Crippen molar-refractivity contribution in [3.8, 4) is 0 Å². The van der Waals surface area contributed by atoms with Crippen LogP contribution < -0.4 is 11.5 Å². The zero-order valence-electron chi connectivity index (χ0n) is 9.41. The van der Waals surface area contributed by atoms with E-state index in [0.717, 1.165) is 6.42 Å². The molecule has 0 bridgehead atoms. The molecule has 5 heteroatoms. The summed E-state index contributed by atoms with van der Waals surface area (Å²) in [7, 11) is -3.56. The van der Waals surface area contributed by atoms with Crippen LogP contribution in [0.25, 0.3) is 0 Å². The number of nitrogens with two attached hydrogens (primary N) is 2. The van der Waals surface area contributed by atoms with E-state index in [1.807, 2.05) is 13.0 Å². The fraction of sp³-hybridized carbons (Fsp3) is 0.455. The molecular formula is C11H19N2O2P. The van der Waals surface area contributed by atoms with Crippen molar-refractivity contribution >= 4 is 7.37 Å². The molecule has 3 atom stereocenters. The molecule has 90 valence electrons. The minimum Gasteiger partial charge on any atom is -0.342 e. The first-order valence-electron chi connectivity index (χ1n) is 5.38. The third-order valence-electron chi connectivity index (χ3n) is 2.60. The Bertz CT molecular complexity index is 370. The molecule has 0 spiro atoms. The second kappa shape index (κ2) is 5.60. The fourth-order valence-corrected chi connectivity index (χ4v) is 3.19. The van der Waals surface area contributed by atoms with Gasteiger partial charge in [0, 0.05) is 0 Å². The van der Waals surface area contributed by atoms with Gasteiger partial charge in [0.1, 0.15) is 5.78 Å². The second-order valence-electron chi connectivity index (χ2n) is 3.88. The Morgan fingerprint density at radius 1 is 1.31 bits per heavy atom. The van der Waals surface area contributed by atoms with Gasteiger partial charge in [-0.25, -0.2) is 0 Å². The molecule has 0 aliphatic heterocycles. The Morgan fingerprint density at radius 3 is 2.38 bits per heavy atom. The average Bonchev–Trinajstić information content (AvgIpc) is 2.29. The lowest BCUT2D eigenvalue weighted by molar-refractivity contribution is 0.444. The van der Waals surface area contributed by atoms with Crippen molar-refractivity contribution in [2.24, 2.45) is 11.5 Å². The van der Waals surface area contributed by atoms with Gasteiger partial charge in [0.15, 0.2) is 0 Å². The van der Waals surface area contributed by atoms with E-state index < -0.39 is 18.9 Å². The van der Waals surface area contributed by atoms with E-state index >= 15 is 0 Å². The highest BCUT2D eigenvalue weighted by atomic mass is 31.2. The van der Waals surface area contributed by atoms with E-state index in [1.54, 1.807) is 24.3 Å². The number of rotatable bonds is 5. The largest absolute Gasteiger partial charge is 0.342 e. The SMILES string of the molecule is CCCC(N)P(=O)(O)C(N)c1ccccc1. The summed E-state index contributed by atoms with van der Waals surface area (Å²) in [5, 5.41) is 0. The van der Waals surface area contributed by atoms with Crippen LogP contribution in [0.3, 0.4) is 0 Å². The predicted molar refractivity (Wildman–Crippen MR) is 66.1 cm³/mol. The topological polar surface area (TPSA) is 89.3 Å². The summed E-state index contributed by atoms with van der Waals surface area (Å²) in [4.78, 5) is 9.94. The molecule has 0 amide bonds. The second-order valence-corrected chi connectivity index (χ2v) is 6.45. The van der Waals surface area contributed by atoms with Crippen molar-refractivity contribution in [3.05, 3.63) is 35.9 Å². The first kappa shape index (κ1) is 13.4. The van der Waals surface area contributed by atoms with Gasteiger partial charge < -0.3 is 16.4 Å². The molecule has 0 aromatic heterocycles. The Morgan fingerprint density at radius 2 is 1.88 bits per heavy atom. The van der Waals surface area contributed by atoms with Crippen molar-refractivity contribution in [1.82, 2.24) is 0 Å². The van der Waals surface area contributed by atoms with Crippen molar-refractivity contribution in [3.63, 3.8) is 0 Å². The maximum absolute atomic E-state index is 12.1. The van der Waals surface area contributed by atoms with Crippen LogP contribution in [0.15, 0.2) is 30.3 Å². The van der Waals surface area contributed by atoms with E-state index in [4.69, 9.17) is 11.5 Å². The van der Waals surface area contributed by atoms with E-state index in [-0.39, 0.29) is 0 Å². The quantitative estimate of drug-likeness (QED) is 0.689. The zero-order chi connectivity index (χ0) is 12.2. The van der Waals surface area contributed by atoms with Crippen LogP contribution in [0.4, 0.5) is 0 Å². The minimum absolute atomic E-state index is 0.508. The average molecular weight is 242 g/mol. The van der Waals surface area contributed by atoms with Crippen LogP contribution in [-0.2, 0) is 4.57 Å². The lowest BCUT2D eigenvalue weighted by Gasteiger charge is -2.24. The van der Waals surface area contributed by atoms with Crippen molar-refractivity contribution < 1.29 is 9.46 Å². The smallest absolute Gasteiger partial charge is 0.237 e. The Balaban J connectivity index is 2.88. The van der Waals surface area contributed by atoms with Crippen molar-refractivity contribution in [1.29, 1.82) is 0 Å². The zero-order valence-corrected chi connectivity index (χ0v) is 10.3. The Kier molecular flexibility index (Phi) is 4.69.